The molecular formula is C10H11F3N2O2. The van der Waals surface area contributed by atoms with Crippen molar-refractivity contribution in [1.82, 2.24) is 4.98 Å². The van der Waals surface area contributed by atoms with E-state index in [9.17, 15) is 18.0 Å². The van der Waals surface area contributed by atoms with E-state index in [2.05, 4.69) is 4.98 Å². The number of anilines is 1. The van der Waals surface area contributed by atoms with Gasteiger partial charge in [0.15, 0.2) is 6.29 Å². The minimum absolute atomic E-state index is 0.0713. The lowest BCUT2D eigenvalue weighted by molar-refractivity contribution is -0.120. The van der Waals surface area contributed by atoms with Crippen LogP contribution in [0.2, 0.25) is 0 Å². The van der Waals surface area contributed by atoms with Gasteiger partial charge in [-0.05, 0) is 12.1 Å². The number of nitrogens with zero attached hydrogens (tertiary/aromatic N) is 2. The highest BCUT2D eigenvalue weighted by atomic mass is 19.4. The van der Waals surface area contributed by atoms with Crippen LogP contribution < -0.4 is 4.90 Å². The Hall–Kier alpha value is -1.63. The second-order valence-electron chi connectivity index (χ2n) is 3.33. The third-order valence-electron chi connectivity index (χ3n) is 1.97. The first-order chi connectivity index (χ1) is 7.96. The molecule has 0 spiro atoms. The minimum atomic E-state index is -4.37. The molecule has 0 saturated heterocycles. The monoisotopic (exact) mass is 248 g/mol. The van der Waals surface area contributed by atoms with Gasteiger partial charge in [0.1, 0.15) is 12.4 Å². The summed E-state index contributed by atoms with van der Waals surface area (Å²) in [7, 11) is 0. The van der Waals surface area contributed by atoms with Crippen LogP contribution in [-0.2, 0) is 0 Å². The molecule has 0 bridgehead atoms. The standard InChI is InChI=1S/C10H11F3N2O2/c11-10(12,13)7-15(3-4-16)9-2-1-8(6-17)5-14-9/h1-2,5-6,16H,3-4,7H2. The number of aromatic nitrogens is 1. The van der Waals surface area contributed by atoms with Crippen LogP contribution in [0.5, 0.6) is 0 Å². The molecule has 0 aliphatic rings. The summed E-state index contributed by atoms with van der Waals surface area (Å²) in [5.74, 6) is 0.0713. The first kappa shape index (κ1) is 13.4. The summed E-state index contributed by atoms with van der Waals surface area (Å²) >= 11 is 0. The maximum Gasteiger partial charge on any atom is 0.405 e. The Morgan fingerprint density at radius 1 is 1.41 bits per heavy atom. The molecule has 0 fully saturated rings. The summed E-state index contributed by atoms with van der Waals surface area (Å²) in [5, 5.41) is 8.70. The summed E-state index contributed by atoms with van der Waals surface area (Å²) in [6.45, 7) is -1.78. The highest BCUT2D eigenvalue weighted by Crippen LogP contribution is 2.20. The molecule has 0 aromatic carbocycles. The Bertz CT molecular complexity index is 365. The SMILES string of the molecule is O=Cc1ccc(N(CCO)CC(F)(F)F)nc1. The van der Waals surface area contributed by atoms with Crippen LogP contribution in [0.3, 0.4) is 0 Å². The first-order valence-corrected chi connectivity index (χ1v) is 4.80. The number of aliphatic hydroxyl groups is 1. The normalized spacial score (nSPS) is 11.3. The van der Waals surface area contributed by atoms with Gasteiger partial charge < -0.3 is 10.0 Å². The first-order valence-electron chi connectivity index (χ1n) is 4.80. The van der Waals surface area contributed by atoms with Crippen molar-refractivity contribution in [3.63, 3.8) is 0 Å². The smallest absolute Gasteiger partial charge is 0.395 e. The van der Waals surface area contributed by atoms with Crippen molar-refractivity contribution in [2.75, 3.05) is 24.6 Å². The topological polar surface area (TPSA) is 53.4 Å². The molecule has 1 aromatic heterocycles. The number of rotatable bonds is 5. The number of hydrogen-bond acceptors (Lipinski definition) is 4. The molecular weight excluding hydrogens is 237 g/mol. The fraction of sp³-hybridized carbons (Fsp3) is 0.400. The van der Waals surface area contributed by atoms with E-state index in [4.69, 9.17) is 5.11 Å². The van der Waals surface area contributed by atoms with Gasteiger partial charge >= 0.3 is 6.18 Å². The number of halogens is 3. The van der Waals surface area contributed by atoms with E-state index < -0.39 is 19.3 Å². The highest BCUT2D eigenvalue weighted by Gasteiger charge is 2.31. The van der Waals surface area contributed by atoms with Crippen molar-refractivity contribution in [1.29, 1.82) is 0 Å². The Kier molecular flexibility index (Phi) is 4.45. The van der Waals surface area contributed by atoms with Gasteiger partial charge in [0.25, 0.3) is 0 Å². The number of pyridine rings is 1. The quantitative estimate of drug-likeness (QED) is 0.797. The van der Waals surface area contributed by atoms with Gasteiger partial charge in [0, 0.05) is 18.3 Å². The van der Waals surface area contributed by atoms with E-state index in [-0.39, 0.29) is 17.9 Å². The molecule has 1 rings (SSSR count). The number of carbonyl (C=O) groups excluding carboxylic acids is 1. The summed E-state index contributed by atoms with van der Waals surface area (Å²) < 4.78 is 36.8. The summed E-state index contributed by atoms with van der Waals surface area (Å²) in [6, 6.07) is 2.68. The van der Waals surface area contributed by atoms with Crippen LogP contribution in [0.4, 0.5) is 19.0 Å². The Morgan fingerprint density at radius 2 is 2.12 bits per heavy atom. The molecule has 1 N–H and O–H groups in total. The Morgan fingerprint density at radius 3 is 2.53 bits per heavy atom. The van der Waals surface area contributed by atoms with Crippen LogP contribution in [0.25, 0.3) is 0 Å². The lowest BCUT2D eigenvalue weighted by Crippen LogP contribution is -2.36. The van der Waals surface area contributed by atoms with Crippen LogP contribution in [-0.4, -0.2) is 42.2 Å². The number of aldehydes is 1. The number of aliphatic hydroxyl groups excluding tert-OH is 1. The largest absolute Gasteiger partial charge is 0.405 e. The van der Waals surface area contributed by atoms with Crippen molar-refractivity contribution >= 4 is 12.1 Å². The number of carbonyl (C=O) groups is 1. The maximum absolute atomic E-state index is 12.3. The van der Waals surface area contributed by atoms with Gasteiger partial charge in [-0.2, -0.15) is 13.2 Å². The molecule has 0 amide bonds. The number of alkyl halides is 3. The molecule has 0 aliphatic carbocycles. The van der Waals surface area contributed by atoms with Crippen LogP contribution in [0.1, 0.15) is 10.4 Å². The summed E-state index contributed by atoms with van der Waals surface area (Å²) in [6.07, 6.45) is -2.64. The van der Waals surface area contributed by atoms with Crippen molar-refractivity contribution < 1.29 is 23.1 Å². The Balaban J connectivity index is 2.85. The minimum Gasteiger partial charge on any atom is -0.395 e. The van der Waals surface area contributed by atoms with Crippen LogP contribution >= 0.6 is 0 Å². The zero-order valence-corrected chi connectivity index (χ0v) is 8.81. The van der Waals surface area contributed by atoms with Gasteiger partial charge in [-0.25, -0.2) is 4.98 Å². The third kappa shape index (κ3) is 4.39. The molecule has 0 aliphatic heterocycles. The molecule has 17 heavy (non-hydrogen) atoms. The van der Waals surface area contributed by atoms with Crippen LogP contribution in [0, 0.1) is 0 Å². The molecule has 7 heteroatoms. The highest BCUT2D eigenvalue weighted by molar-refractivity contribution is 5.74. The zero-order chi connectivity index (χ0) is 12.9. The molecule has 0 radical (unpaired) electrons. The fourth-order valence-electron chi connectivity index (χ4n) is 1.27. The second kappa shape index (κ2) is 5.62. The van der Waals surface area contributed by atoms with Crippen molar-refractivity contribution in [3.05, 3.63) is 23.9 Å². The van der Waals surface area contributed by atoms with E-state index in [0.717, 1.165) is 4.90 Å². The van der Waals surface area contributed by atoms with Crippen molar-refractivity contribution in [3.8, 4) is 0 Å². The third-order valence-corrected chi connectivity index (χ3v) is 1.97. The molecule has 0 unspecified atom stereocenters. The summed E-state index contributed by atoms with van der Waals surface area (Å²) in [5.41, 5.74) is 0.282. The molecule has 0 atom stereocenters. The zero-order valence-electron chi connectivity index (χ0n) is 8.81. The predicted octanol–water partition coefficient (Wildman–Crippen LogP) is 1.26. The van der Waals surface area contributed by atoms with Crippen molar-refractivity contribution in [2.45, 2.75) is 6.18 Å². The number of hydrogen-bond donors (Lipinski definition) is 1. The van der Waals surface area contributed by atoms with Gasteiger partial charge in [-0.1, -0.05) is 0 Å². The Labute approximate surface area is 95.7 Å². The molecule has 94 valence electrons. The van der Waals surface area contributed by atoms with Crippen molar-refractivity contribution in [2.24, 2.45) is 0 Å². The van der Waals surface area contributed by atoms with E-state index in [0.29, 0.717) is 6.29 Å². The van der Waals surface area contributed by atoms with Gasteiger partial charge in [-0.15, -0.1) is 0 Å². The van der Waals surface area contributed by atoms with Crippen LogP contribution in [0.15, 0.2) is 18.3 Å². The molecule has 0 saturated carbocycles. The van der Waals surface area contributed by atoms with E-state index in [1.807, 2.05) is 0 Å². The second-order valence-corrected chi connectivity index (χ2v) is 3.33. The summed E-state index contributed by atoms with van der Waals surface area (Å²) in [4.78, 5) is 15.0. The molecule has 1 aromatic rings. The van der Waals surface area contributed by atoms with E-state index in [1.165, 1.54) is 18.3 Å². The average molecular weight is 248 g/mol. The lowest BCUT2D eigenvalue weighted by Gasteiger charge is -2.23. The van der Waals surface area contributed by atoms with Gasteiger partial charge in [0.05, 0.1) is 6.61 Å². The van der Waals surface area contributed by atoms with Gasteiger partial charge in [0.2, 0.25) is 0 Å². The molecule has 1 heterocycles. The molecule has 4 nitrogen and oxygen atoms in total. The predicted molar refractivity (Wildman–Crippen MR) is 55.0 cm³/mol. The van der Waals surface area contributed by atoms with E-state index in [1.54, 1.807) is 0 Å². The van der Waals surface area contributed by atoms with Gasteiger partial charge in [-0.3, -0.25) is 4.79 Å². The lowest BCUT2D eigenvalue weighted by atomic mass is 10.3. The van der Waals surface area contributed by atoms with E-state index >= 15 is 0 Å². The maximum atomic E-state index is 12.3. The fourth-order valence-corrected chi connectivity index (χ4v) is 1.27. The average Bonchev–Trinajstić information content (AvgIpc) is 2.27.